The lowest BCUT2D eigenvalue weighted by atomic mass is 9.95. The lowest BCUT2D eigenvalue weighted by molar-refractivity contribution is -0.136. The predicted molar refractivity (Wildman–Crippen MR) is 103 cm³/mol. The number of benzene rings is 1. The standard InChI is InChI=1S/C20H25N3O2S/c24-19(14-9-12-23(13-10-14)20(25)15-7-8-15)21-11-3-6-18-22-16-4-1-2-5-17(16)26-18/h1-2,4-5,14-15H,3,6-13H2,(H,21,24). The largest absolute Gasteiger partial charge is 0.356 e. The van der Waals surface area contributed by atoms with Crippen LogP contribution in [0.1, 0.15) is 37.1 Å². The molecular weight excluding hydrogens is 346 g/mol. The highest BCUT2D eigenvalue weighted by molar-refractivity contribution is 7.18. The Labute approximate surface area is 157 Å². The van der Waals surface area contributed by atoms with Crippen molar-refractivity contribution in [2.75, 3.05) is 19.6 Å². The van der Waals surface area contributed by atoms with Crippen LogP contribution in [0.5, 0.6) is 0 Å². The van der Waals surface area contributed by atoms with Gasteiger partial charge in [-0.25, -0.2) is 4.98 Å². The van der Waals surface area contributed by atoms with Crippen molar-refractivity contribution in [2.45, 2.75) is 38.5 Å². The number of carbonyl (C=O) groups excluding carboxylic acids is 2. The number of para-hydroxylation sites is 1. The lowest BCUT2D eigenvalue weighted by Crippen LogP contribution is -2.43. The maximum Gasteiger partial charge on any atom is 0.225 e. The highest BCUT2D eigenvalue weighted by Gasteiger charge is 2.35. The van der Waals surface area contributed by atoms with Crippen LogP contribution in [-0.2, 0) is 16.0 Å². The van der Waals surface area contributed by atoms with E-state index in [2.05, 4.69) is 16.4 Å². The molecule has 1 saturated carbocycles. The number of nitrogens with zero attached hydrogens (tertiary/aromatic N) is 2. The Bertz CT molecular complexity index is 758. The summed E-state index contributed by atoms with van der Waals surface area (Å²) in [4.78, 5) is 31.0. The van der Waals surface area contributed by atoms with Gasteiger partial charge in [-0.15, -0.1) is 11.3 Å². The maximum atomic E-state index is 12.3. The van der Waals surface area contributed by atoms with Gasteiger partial charge in [0, 0.05) is 37.9 Å². The summed E-state index contributed by atoms with van der Waals surface area (Å²) in [5.74, 6) is 0.788. The van der Waals surface area contributed by atoms with Gasteiger partial charge in [0.25, 0.3) is 0 Å². The Morgan fingerprint density at radius 2 is 1.88 bits per heavy atom. The van der Waals surface area contributed by atoms with E-state index < -0.39 is 0 Å². The zero-order chi connectivity index (χ0) is 17.9. The number of fused-ring (bicyclic) bond motifs is 1. The van der Waals surface area contributed by atoms with Crippen LogP contribution in [-0.4, -0.2) is 41.3 Å². The minimum absolute atomic E-state index is 0.0562. The van der Waals surface area contributed by atoms with Crippen LogP contribution < -0.4 is 5.32 Å². The summed E-state index contributed by atoms with van der Waals surface area (Å²) >= 11 is 1.73. The summed E-state index contributed by atoms with van der Waals surface area (Å²) in [5.41, 5.74) is 1.06. The molecule has 0 unspecified atom stereocenters. The number of aryl methyl sites for hydroxylation is 1. The van der Waals surface area contributed by atoms with Crippen molar-refractivity contribution in [3.05, 3.63) is 29.3 Å². The highest BCUT2D eigenvalue weighted by atomic mass is 32.1. The van der Waals surface area contributed by atoms with Crippen LogP contribution in [0.4, 0.5) is 0 Å². The molecule has 5 nitrogen and oxygen atoms in total. The Morgan fingerprint density at radius 1 is 1.12 bits per heavy atom. The number of aromatic nitrogens is 1. The number of hydrogen-bond donors (Lipinski definition) is 1. The fourth-order valence-corrected chi connectivity index (χ4v) is 4.58. The van der Waals surface area contributed by atoms with Crippen molar-refractivity contribution in [2.24, 2.45) is 11.8 Å². The summed E-state index contributed by atoms with van der Waals surface area (Å²) < 4.78 is 1.22. The van der Waals surface area contributed by atoms with Gasteiger partial charge in [-0.1, -0.05) is 12.1 Å². The van der Waals surface area contributed by atoms with Gasteiger partial charge in [0.15, 0.2) is 0 Å². The molecule has 1 saturated heterocycles. The van der Waals surface area contributed by atoms with Crippen molar-refractivity contribution in [3.63, 3.8) is 0 Å². The van der Waals surface area contributed by atoms with Crippen molar-refractivity contribution in [1.29, 1.82) is 0 Å². The molecule has 4 rings (SSSR count). The first kappa shape index (κ1) is 17.5. The third-order valence-corrected chi connectivity index (χ3v) is 6.41. The second-order valence-electron chi connectivity index (χ2n) is 7.34. The van der Waals surface area contributed by atoms with E-state index >= 15 is 0 Å². The number of carbonyl (C=O) groups is 2. The number of nitrogens with one attached hydrogen (secondary N) is 1. The average molecular weight is 372 g/mol. The SMILES string of the molecule is O=C(NCCCc1nc2ccccc2s1)C1CCN(C(=O)C2CC2)CC1. The Balaban J connectivity index is 1.17. The summed E-state index contributed by atoms with van der Waals surface area (Å²) in [7, 11) is 0. The molecule has 2 amide bonds. The van der Waals surface area contributed by atoms with E-state index in [1.54, 1.807) is 11.3 Å². The molecule has 0 spiro atoms. The highest BCUT2D eigenvalue weighted by Crippen LogP contribution is 2.32. The molecule has 2 aliphatic rings. The average Bonchev–Trinajstić information content (AvgIpc) is 3.44. The molecule has 1 aromatic carbocycles. The number of rotatable bonds is 6. The first-order chi connectivity index (χ1) is 12.7. The van der Waals surface area contributed by atoms with Gasteiger partial charge < -0.3 is 10.2 Å². The molecule has 1 aliphatic carbocycles. The zero-order valence-corrected chi connectivity index (χ0v) is 15.8. The van der Waals surface area contributed by atoms with Crippen LogP contribution >= 0.6 is 11.3 Å². The second-order valence-corrected chi connectivity index (χ2v) is 8.46. The quantitative estimate of drug-likeness (QED) is 0.794. The Kier molecular flexibility index (Phi) is 5.20. The van der Waals surface area contributed by atoms with E-state index in [0.29, 0.717) is 12.5 Å². The monoisotopic (exact) mass is 371 g/mol. The van der Waals surface area contributed by atoms with Crippen LogP contribution in [0.2, 0.25) is 0 Å². The van der Waals surface area contributed by atoms with E-state index in [1.165, 1.54) is 4.70 Å². The minimum atomic E-state index is 0.0562. The first-order valence-corrected chi connectivity index (χ1v) is 10.4. The van der Waals surface area contributed by atoms with Crippen molar-refractivity contribution in [3.8, 4) is 0 Å². The summed E-state index contributed by atoms with van der Waals surface area (Å²) in [6.07, 6.45) is 5.49. The topological polar surface area (TPSA) is 62.3 Å². The number of piperidine rings is 1. The van der Waals surface area contributed by atoms with Crippen LogP contribution in [0.3, 0.4) is 0 Å². The fraction of sp³-hybridized carbons (Fsp3) is 0.550. The van der Waals surface area contributed by atoms with Crippen molar-refractivity contribution in [1.82, 2.24) is 15.2 Å². The third-order valence-electron chi connectivity index (χ3n) is 5.31. The molecule has 1 aromatic heterocycles. The number of hydrogen-bond acceptors (Lipinski definition) is 4. The molecule has 0 atom stereocenters. The first-order valence-electron chi connectivity index (χ1n) is 9.61. The maximum absolute atomic E-state index is 12.3. The van der Waals surface area contributed by atoms with E-state index in [1.807, 2.05) is 23.1 Å². The van der Waals surface area contributed by atoms with Crippen LogP contribution in [0.15, 0.2) is 24.3 Å². The minimum Gasteiger partial charge on any atom is -0.356 e. The van der Waals surface area contributed by atoms with Gasteiger partial charge in [-0.05, 0) is 44.2 Å². The fourth-order valence-electron chi connectivity index (χ4n) is 3.57. The summed E-state index contributed by atoms with van der Waals surface area (Å²) in [6, 6.07) is 8.18. The summed E-state index contributed by atoms with van der Waals surface area (Å²) in [5, 5.41) is 4.20. The van der Waals surface area contributed by atoms with E-state index in [4.69, 9.17) is 0 Å². The lowest BCUT2D eigenvalue weighted by Gasteiger charge is -2.31. The zero-order valence-electron chi connectivity index (χ0n) is 14.9. The predicted octanol–water partition coefficient (Wildman–Crippen LogP) is 2.99. The number of amides is 2. The Morgan fingerprint density at radius 3 is 2.62 bits per heavy atom. The molecule has 138 valence electrons. The molecule has 1 N–H and O–H groups in total. The number of thiazole rings is 1. The van der Waals surface area contributed by atoms with Gasteiger partial charge in [0.1, 0.15) is 0 Å². The second kappa shape index (κ2) is 7.74. The van der Waals surface area contributed by atoms with Gasteiger partial charge in [0.2, 0.25) is 11.8 Å². The van der Waals surface area contributed by atoms with E-state index in [9.17, 15) is 9.59 Å². The van der Waals surface area contributed by atoms with E-state index in [0.717, 1.165) is 62.1 Å². The molecule has 26 heavy (non-hydrogen) atoms. The van der Waals surface area contributed by atoms with E-state index in [-0.39, 0.29) is 17.7 Å². The van der Waals surface area contributed by atoms with Gasteiger partial charge in [0.05, 0.1) is 15.2 Å². The molecule has 2 heterocycles. The number of likely N-dealkylation sites (tertiary alicyclic amines) is 1. The summed E-state index contributed by atoms with van der Waals surface area (Å²) in [6.45, 7) is 2.16. The molecule has 6 heteroatoms. The van der Waals surface area contributed by atoms with Gasteiger partial charge in [-0.3, -0.25) is 9.59 Å². The van der Waals surface area contributed by atoms with Gasteiger partial charge >= 0.3 is 0 Å². The van der Waals surface area contributed by atoms with Crippen LogP contribution in [0, 0.1) is 11.8 Å². The van der Waals surface area contributed by atoms with Crippen LogP contribution in [0.25, 0.3) is 10.2 Å². The van der Waals surface area contributed by atoms with Crippen molar-refractivity contribution >= 4 is 33.4 Å². The molecule has 0 radical (unpaired) electrons. The Hall–Kier alpha value is -1.95. The molecule has 0 bridgehead atoms. The molecule has 2 aromatic rings. The van der Waals surface area contributed by atoms with Crippen molar-refractivity contribution < 1.29 is 9.59 Å². The molecule has 1 aliphatic heterocycles. The third kappa shape index (κ3) is 4.06. The molecular formula is C20H25N3O2S. The molecule has 2 fully saturated rings. The van der Waals surface area contributed by atoms with Gasteiger partial charge in [-0.2, -0.15) is 0 Å². The smallest absolute Gasteiger partial charge is 0.225 e. The normalized spacial score (nSPS) is 18.2.